The second-order valence-corrected chi connectivity index (χ2v) is 7.53. The first-order valence-corrected chi connectivity index (χ1v) is 10.0. The summed E-state index contributed by atoms with van der Waals surface area (Å²) in [6.45, 7) is 7.50. The van der Waals surface area contributed by atoms with Gasteiger partial charge in [-0.25, -0.2) is 4.68 Å². The number of nitrogens with one attached hydrogen (secondary N) is 2. The molecule has 3 rings (SSSR count). The summed E-state index contributed by atoms with van der Waals surface area (Å²) in [7, 11) is 3.06. The third kappa shape index (κ3) is 4.88. The molecular formula is C23H27N5O4. The summed E-state index contributed by atoms with van der Waals surface area (Å²) in [5, 5.41) is 13.7. The summed E-state index contributed by atoms with van der Waals surface area (Å²) in [5.74, 6) is 0.377. The van der Waals surface area contributed by atoms with Crippen LogP contribution in [0.4, 0.5) is 11.4 Å². The minimum absolute atomic E-state index is 0.0942. The Labute approximate surface area is 186 Å². The molecule has 0 radical (unpaired) electrons. The van der Waals surface area contributed by atoms with Crippen LogP contribution < -0.4 is 20.1 Å². The molecule has 0 bridgehead atoms. The molecule has 1 aromatic heterocycles. The number of ether oxygens (including phenoxy) is 2. The molecule has 9 heteroatoms. The molecule has 0 spiro atoms. The van der Waals surface area contributed by atoms with Crippen LogP contribution in [0.1, 0.15) is 32.9 Å². The molecule has 0 aliphatic rings. The topological polar surface area (TPSA) is 107 Å². The lowest BCUT2D eigenvalue weighted by molar-refractivity contribution is -0.117. The van der Waals surface area contributed by atoms with Gasteiger partial charge in [0.05, 0.1) is 19.9 Å². The lowest BCUT2D eigenvalue weighted by Crippen LogP contribution is -2.21. The fraction of sp³-hybridized carbons (Fsp3) is 0.304. The number of aryl methyl sites for hydroxylation is 3. The van der Waals surface area contributed by atoms with E-state index in [9.17, 15) is 9.59 Å². The second-order valence-electron chi connectivity index (χ2n) is 7.53. The van der Waals surface area contributed by atoms with E-state index in [0.717, 1.165) is 22.4 Å². The first-order valence-electron chi connectivity index (χ1n) is 10.0. The van der Waals surface area contributed by atoms with Gasteiger partial charge in [0.2, 0.25) is 5.91 Å². The van der Waals surface area contributed by atoms with Gasteiger partial charge in [0, 0.05) is 17.4 Å². The lowest BCUT2D eigenvalue weighted by Gasteiger charge is -2.12. The van der Waals surface area contributed by atoms with Crippen LogP contribution in [0.2, 0.25) is 0 Å². The maximum Gasteiger partial charge on any atom is 0.278 e. The molecule has 1 heterocycles. The summed E-state index contributed by atoms with van der Waals surface area (Å²) in [6.07, 6.45) is 0. The van der Waals surface area contributed by atoms with Gasteiger partial charge in [-0.2, -0.15) is 0 Å². The number of carbonyl (C=O) groups excluding carboxylic acids is 2. The number of anilines is 2. The molecule has 0 saturated heterocycles. The molecule has 168 valence electrons. The van der Waals surface area contributed by atoms with Crippen molar-refractivity contribution in [1.82, 2.24) is 15.0 Å². The summed E-state index contributed by atoms with van der Waals surface area (Å²) < 4.78 is 11.8. The maximum absolute atomic E-state index is 12.8. The van der Waals surface area contributed by atoms with Crippen LogP contribution in [0.5, 0.6) is 11.5 Å². The predicted octanol–water partition coefficient (Wildman–Crippen LogP) is 3.42. The maximum atomic E-state index is 12.8. The fourth-order valence-corrected chi connectivity index (χ4v) is 3.52. The quantitative estimate of drug-likeness (QED) is 0.586. The van der Waals surface area contributed by atoms with Crippen molar-refractivity contribution in [3.63, 3.8) is 0 Å². The molecule has 2 amide bonds. The van der Waals surface area contributed by atoms with E-state index in [0.29, 0.717) is 22.9 Å². The van der Waals surface area contributed by atoms with E-state index in [-0.39, 0.29) is 24.1 Å². The Balaban J connectivity index is 1.71. The molecule has 2 aromatic carbocycles. The van der Waals surface area contributed by atoms with Gasteiger partial charge in [-0.05, 0) is 51.0 Å². The Hall–Kier alpha value is -3.88. The minimum Gasteiger partial charge on any atom is -0.493 e. The smallest absolute Gasteiger partial charge is 0.278 e. The van der Waals surface area contributed by atoms with Gasteiger partial charge in [0.1, 0.15) is 6.54 Å². The van der Waals surface area contributed by atoms with Crippen molar-refractivity contribution < 1.29 is 19.1 Å². The predicted molar refractivity (Wildman–Crippen MR) is 122 cm³/mol. The van der Waals surface area contributed by atoms with E-state index >= 15 is 0 Å². The standard InChI is InChI=1S/C23H27N5O4/c1-13-9-14(2)21(15(3)10-13)25-23(30)22-16(4)28(27-26-22)12-20(29)24-17-7-8-18(31-5)19(11-17)32-6/h7-11H,12H2,1-6H3,(H,24,29)(H,25,30). The van der Waals surface area contributed by atoms with Crippen LogP contribution in [0.25, 0.3) is 0 Å². The number of hydrogen-bond donors (Lipinski definition) is 2. The molecule has 32 heavy (non-hydrogen) atoms. The average molecular weight is 438 g/mol. The SMILES string of the molecule is COc1ccc(NC(=O)Cn2nnc(C(=O)Nc3c(C)cc(C)cc3C)c2C)cc1OC. The van der Waals surface area contributed by atoms with E-state index in [2.05, 4.69) is 20.9 Å². The summed E-state index contributed by atoms with van der Waals surface area (Å²) in [6, 6.07) is 9.08. The van der Waals surface area contributed by atoms with Crippen LogP contribution in [0, 0.1) is 27.7 Å². The third-order valence-corrected chi connectivity index (χ3v) is 5.07. The first-order chi connectivity index (χ1) is 15.2. The highest BCUT2D eigenvalue weighted by atomic mass is 16.5. The van der Waals surface area contributed by atoms with Crippen molar-refractivity contribution in [3.05, 3.63) is 58.4 Å². The van der Waals surface area contributed by atoms with Gasteiger partial charge in [-0.15, -0.1) is 5.10 Å². The number of hydrogen-bond acceptors (Lipinski definition) is 6. The number of aromatic nitrogens is 3. The van der Waals surface area contributed by atoms with E-state index in [1.165, 1.54) is 11.8 Å². The van der Waals surface area contributed by atoms with Crippen molar-refractivity contribution in [1.29, 1.82) is 0 Å². The molecular weight excluding hydrogens is 410 g/mol. The third-order valence-electron chi connectivity index (χ3n) is 5.07. The second kappa shape index (κ2) is 9.51. The molecule has 0 saturated carbocycles. The highest BCUT2D eigenvalue weighted by Crippen LogP contribution is 2.29. The van der Waals surface area contributed by atoms with Crippen molar-refractivity contribution in [2.24, 2.45) is 0 Å². The van der Waals surface area contributed by atoms with Gasteiger partial charge in [-0.3, -0.25) is 9.59 Å². The van der Waals surface area contributed by atoms with Crippen molar-refractivity contribution >= 4 is 23.2 Å². The minimum atomic E-state index is -0.371. The number of rotatable bonds is 7. The number of benzene rings is 2. The zero-order chi connectivity index (χ0) is 23.4. The monoisotopic (exact) mass is 437 g/mol. The molecule has 0 atom stereocenters. The highest BCUT2D eigenvalue weighted by molar-refractivity contribution is 6.04. The van der Waals surface area contributed by atoms with E-state index in [1.54, 1.807) is 32.2 Å². The summed E-state index contributed by atoms with van der Waals surface area (Å²) in [4.78, 5) is 25.3. The van der Waals surface area contributed by atoms with Crippen LogP contribution >= 0.6 is 0 Å². The number of methoxy groups -OCH3 is 2. The Kier molecular flexibility index (Phi) is 6.77. The van der Waals surface area contributed by atoms with Gasteiger partial charge in [-0.1, -0.05) is 22.9 Å². The lowest BCUT2D eigenvalue weighted by atomic mass is 10.0. The van der Waals surface area contributed by atoms with Crippen LogP contribution in [-0.2, 0) is 11.3 Å². The Bertz CT molecular complexity index is 1150. The molecule has 0 aliphatic heterocycles. The van der Waals surface area contributed by atoms with Gasteiger partial charge in [0.15, 0.2) is 17.2 Å². The summed E-state index contributed by atoms with van der Waals surface area (Å²) >= 11 is 0. The highest BCUT2D eigenvalue weighted by Gasteiger charge is 2.19. The number of nitrogens with zero attached hydrogens (tertiary/aromatic N) is 3. The molecule has 3 aromatic rings. The molecule has 0 aliphatic carbocycles. The zero-order valence-corrected chi connectivity index (χ0v) is 19.1. The average Bonchev–Trinajstić information content (AvgIpc) is 3.10. The molecule has 0 unspecified atom stereocenters. The fourth-order valence-electron chi connectivity index (χ4n) is 3.52. The van der Waals surface area contributed by atoms with Crippen molar-refractivity contribution in [2.75, 3.05) is 24.9 Å². The zero-order valence-electron chi connectivity index (χ0n) is 19.1. The van der Waals surface area contributed by atoms with E-state index in [4.69, 9.17) is 9.47 Å². The molecule has 2 N–H and O–H groups in total. The Morgan fingerprint density at radius 2 is 1.59 bits per heavy atom. The van der Waals surface area contributed by atoms with Gasteiger partial charge < -0.3 is 20.1 Å². The van der Waals surface area contributed by atoms with E-state index in [1.807, 2.05) is 32.9 Å². The van der Waals surface area contributed by atoms with Gasteiger partial charge in [0.25, 0.3) is 5.91 Å². The molecule has 9 nitrogen and oxygen atoms in total. The van der Waals surface area contributed by atoms with Crippen LogP contribution in [0.15, 0.2) is 30.3 Å². The number of amides is 2. The van der Waals surface area contributed by atoms with Crippen LogP contribution in [0.3, 0.4) is 0 Å². The van der Waals surface area contributed by atoms with Crippen molar-refractivity contribution in [2.45, 2.75) is 34.2 Å². The van der Waals surface area contributed by atoms with Crippen molar-refractivity contribution in [3.8, 4) is 11.5 Å². The van der Waals surface area contributed by atoms with E-state index < -0.39 is 0 Å². The Morgan fingerprint density at radius 1 is 0.938 bits per heavy atom. The normalized spacial score (nSPS) is 10.6. The largest absolute Gasteiger partial charge is 0.493 e. The molecule has 0 fully saturated rings. The Morgan fingerprint density at radius 3 is 2.22 bits per heavy atom. The number of carbonyl (C=O) groups is 2. The first kappa shape index (κ1) is 22.8. The summed E-state index contributed by atoms with van der Waals surface area (Å²) in [5.41, 5.74) is 5.02. The van der Waals surface area contributed by atoms with Crippen LogP contribution in [-0.4, -0.2) is 41.0 Å². The van der Waals surface area contributed by atoms with Gasteiger partial charge >= 0.3 is 0 Å².